The number of amides is 2. The molecule has 0 fully saturated rings. The lowest BCUT2D eigenvalue weighted by molar-refractivity contribution is -0.124. The molecule has 0 heterocycles. The molecular weight excluding hydrogens is 334 g/mol. The van der Waals surface area contributed by atoms with Gasteiger partial charge in [0, 0.05) is 10.2 Å². The van der Waals surface area contributed by atoms with Crippen molar-refractivity contribution in [2.45, 2.75) is 19.9 Å². The van der Waals surface area contributed by atoms with E-state index in [1.54, 1.807) is 13.0 Å². The number of carbonyl (C=O) groups excluding carboxylic acids is 2. The van der Waals surface area contributed by atoms with E-state index in [0.717, 1.165) is 10.0 Å². The Hall–Kier alpha value is -1.11. The Balaban J connectivity index is 0.00000324. The highest BCUT2D eigenvalue weighted by Gasteiger charge is 2.10. The molecule has 106 valence electrons. The minimum absolute atomic E-state index is 0. The molecule has 0 saturated carbocycles. The van der Waals surface area contributed by atoms with Gasteiger partial charge < -0.3 is 16.4 Å². The van der Waals surface area contributed by atoms with E-state index < -0.39 is 6.04 Å². The first kappa shape index (κ1) is 17.9. The van der Waals surface area contributed by atoms with Crippen molar-refractivity contribution in [3.05, 3.63) is 28.2 Å². The topological polar surface area (TPSA) is 84.2 Å². The molecule has 2 amide bonds. The molecule has 1 aromatic carbocycles. The lowest BCUT2D eigenvalue weighted by Gasteiger charge is -2.10. The number of halogens is 2. The zero-order valence-corrected chi connectivity index (χ0v) is 13.1. The highest BCUT2D eigenvalue weighted by Crippen LogP contribution is 2.20. The van der Waals surface area contributed by atoms with Crippen LogP contribution in [0.4, 0.5) is 5.69 Å². The number of hydrogen-bond acceptors (Lipinski definition) is 3. The van der Waals surface area contributed by atoms with E-state index in [9.17, 15) is 9.59 Å². The number of nitrogens with one attached hydrogen (secondary N) is 2. The van der Waals surface area contributed by atoms with Gasteiger partial charge in [0.2, 0.25) is 11.8 Å². The second-order valence-corrected chi connectivity index (χ2v) is 4.93. The van der Waals surface area contributed by atoms with Gasteiger partial charge in [0.1, 0.15) is 0 Å². The monoisotopic (exact) mass is 349 g/mol. The highest BCUT2D eigenvalue weighted by molar-refractivity contribution is 9.10. The van der Waals surface area contributed by atoms with Crippen molar-refractivity contribution in [2.75, 3.05) is 11.9 Å². The number of aryl methyl sites for hydroxylation is 1. The molecule has 0 aliphatic heterocycles. The molecule has 0 radical (unpaired) electrons. The Labute approximate surface area is 126 Å². The Bertz CT molecular complexity index is 466. The van der Waals surface area contributed by atoms with Gasteiger partial charge in [-0.3, -0.25) is 9.59 Å². The molecular formula is C12H17BrClN3O2. The molecule has 7 heteroatoms. The van der Waals surface area contributed by atoms with Crippen molar-refractivity contribution in [3.63, 3.8) is 0 Å². The smallest absolute Gasteiger partial charge is 0.243 e. The van der Waals surface area contributed by atoms with Crippen LogP contribution in [0, 0.1) is 6.92 Å². The summed E-state index contributed by atoms with van der Waals surface area (Å²) >= 11 is 3.33. The summed E-state index contributed by atoms with van der Waals surface area (Å²) in [6, 6.07) is 4.97. The van der Waals surface area contributed by atoms with E-state index in [2.05, 4.69) is 26.6 Å². The van der Waals surface area contributed by atoms with E-state index >= 15 is 0 Å². The van der Waals surface area contributed by atoms with E-state index in [1.807, 2.05) is 19.1 Å². The van der Waals surface area contributed by atoms with Gasteiger partial charge in [-0.2, -0.15) is 0 Å². The lowest BCUT2D eigenvalue weighted by atomic mass is 10.2. The second-order valence-electron chi connectivity index (χ2n) is 4.01. The van der Waals surface area contributed by atoms with E-state index in [0.29, 0.717) is 5.69 Å². The SMILES string of the molecule is Cc1ccc(Br)cc1NC(=O)CNC(=O)[C@H](C)N.Cl. The molecule has 4 N–H and O–H groups in total. The number of anilines is 1. The lowest BCUT2D eigenvalue weighted by Crippen LogP contribution is -2.41. The maximum Gasteiger partial charge on any atom is 0.243 e. The molecule has 19 heavy (non-hydrogen) atoms. The zero-order chi connectivity index (χ0) is 13.7. The summed E-state index contributed by atoms with van der Waals surface area (Å²) in [6.45, 7) is 3.36. The van der Waals surface area contributed by atoms with E-state index in [-0.39, 0.29) is 30.8 Å². The van der Waals surface area contributed by atoms with Crippen LogP contribution in [0.1, 0.15) is 12.5 Å². The van der Waals surface area contributed by atoms with Crippen LogP contribution in [-0.4, -0.2) is 24.4 Å². The quantitative estimate of drug-likeness (QED) is 0.771. The molecule has 1 rings (SSSR count). The van der Waals surface area contributed by atoms with Crippen LogP contribution in [0.3, 0.4) is 0 Å². The van der Waals surface area contributed by atoms with Crippen LogP contribution in [0.15, 0.2) is 22.7 Å². The van der Waals surface area contributed by atoms with Crippen LogP contribution < -0.4 is 16.4 Å². The van der Waals surface area contributed by atoms with E-state index in [4.69, 9.17) is 5.73 Å². The van der Waals surface area contributed by atoms with Crippen molar-refractivity contribution in [2.24, 2.45) is 5.73 Å². The van der Waals surface area contributed by atoms with Gasteiger partial charge in [-0.1, -0.05) is 22.0 Å². The minimum Gasteiger partial charge on any atom is -0.346 e. The third kappa shape index (κ3) is 6.04. The number of hydrogen-bond donors (Lipinski definition) is 3. The summed E-state index contributed by atoms with van der Waals surface area (Å²) in [4.78, 5) is 22.8. The van der Waals surface area contributed by atoms with Crippen LogP contribution in [0.25, 0.3) is 0 Å². The highest BCUT2D eigenvalue weighted by atomic mass is 79.9. The van der Waals surface area contributed by atoms with Gasteiger partial charge in [-0.15, -0.1) is 12.4 Å². The van der Waals surface area contributed by atoms with Gasteiger partial charge in [-0.05, 0) is 31.5 Å². The van der Waals surface area contributed by atoms with Crippen molar-refractivity contribution in [1.29, 1.82) is 0 Å². The minimum atomic E-state index is -0.620. The number of rotatable bonds is 4. The maximum absolute atomic E-state index is 11.6. The molecule has 0 aliphatic carbocycles. The van der Waals surface area contributed by atoms with Gasteiger partial charge in [0.15, 0.2) is 0 Å². The standard InChI is InChI=1S/C12H16BrN3O2.ClH/c1-7-3-4-9(13)5-10(7)16-11(17)6-15-12(18)8(2)14;/h3-5,8H,6,14H2,1-2H3,(H,15,18)(H,16,17);1H/t8-;/m0./s1. The largest absolute Gasteiger partial charge is 0.346 e. The fourth-order valence-corrected chi connectivity index (χ4v) is 1.61. The molecule has 5 nitrogen and oxygen atoms in total. The summed E-state index contributed by atoms with van der Waals surface area (Å²) in [5, 5.41) is 5.17. The van der Waals surface area contributed by atoms with Crippen molar-refractivity contribution in [3.8, 4) is 0 Å². The van der Waals surface area contributed by atoms with Crippen molar-refractivity contribution < 1.29 is 9.59 Å². The predicted molar refractivity (Wildman–Crippen MR) is 81.4 cm³/mol. The molecule has 0 aliphatic rings. The van der Waals surface area contributed by atoms with Gasteiger partial charge in [0.05, 0.1) is 12.6 Å². The summed E-state index contributed by atoms with van der Waals surface area (Å²) in [7, 11) is 0. The van der Waals surface area contributed by atoms with Gasteiger partial charge >= 0.3 is 0 Å². The fourth-order valence-electron chi connectivity index (χ4n) is 1.25. The number of carbonyl (C=O) groups is 2. The molecule has 0 unspecified atom stereocenters. The number of nitrogens with two attached hydrogens (primary N) is 1. The predicted octanol–water partition coefficient (Wildman–Crippen LogP) is 1.58. The molecule has 0 saturated heterocycles. The molecule has 0 bridgehead atoms. The molecule has 0 spiro atoms. The fraction of sp³-hybridized carbons (Fsp3) is 0.333. The normalized spacial score (nSPS) is 11.2. The summed E-state index contributed by atoms with van der Waals surface area (Å²) < 4.78 is 0.878. The van der Waals surface area contributed by atoms with Crippen LogP contribution >= 0.6 is 28.3 Å². The summed E-state index contributed by atoms with van der Waals surface area (Å²) in [6.07, 6.45) is 0. The molecule has 0 aromatic heterocycles. The third-order valence-electron chi connectivity index (χ3n) is 2.31. The molecule has 1 atom stereocenters. The Morgan fingerprint density at radius 1 is 1.42 bits per heavy atom. The van der Waals surface area contributed by atoms with Gasteiger partial charge in [0.25, 0.3) is 0 Å². The number of benzene rings is 1. The summed E-state index contributed by atoms with van der Waals surface area (Å²) in [5.41, 5.74) is 7.03. The first-order valence-corrected chi connectivity index (χ1v) is 6.28. The zero-order valence-electron chi connectivity index (χ0n) is 10.7. The van der Waals surface area contributed by atoms with Crippen LogP contribution in [-0.2, 0) is 9.59 Å². The molecule has 1 aromatic rings. The average Bonchev–Trinajstić information content (AvgIpc) is 2.30. The maximum atomic E-state index is 11.6. The van der Waals surface area contributed by atoms with Crippen LogP contribution in [0.2, 0.25) is 0 Å². The first-order valence-electron chi connectivity index (χ1n) is 5.49. The van der Waals surface area contributed by atoms with Gasteiger partial charge in [-0.25, -0.2) is 0 Å². The first-order chi connectivity index (χ1) is 8.40. The Kier molecular flexibility index (Phi) is 7.66. The summed E-state index contributed by atoms with van der Waals surface area (Å²) in [5.74, 6) is -0.638. The van der Waals surface area contributed by atoms with Crippen molar-refractivity contribution in [1.82, 2.24) is 5.32 Å². The Morgan fingerprint density at radius 3 is 2.63 bits per heavy atom. The average molecular weight is 351 g/mol. The van der Waals surface area contributed by atoms with Crippen molar-refractivity contribution >= 4 is 45.8 Å². The third-order valence-corrected chi connectivity index (χ3v) is 2.80. The van der Waals surface area contributed by atoms with E-state index in [1.165, 1.54) is 0 Å². The Morgan fingerprint density at radius 2 is 2.05 bits per heavy atom. The second kappa shape index (κ2) is 8.14. The van der Waals surface area contributed by atoms with Crippen LogP contribution in [0.5, 0.6) is 0 Å².